The Labute approximate surface area is 110 Å². The van der Waals surface area contributed by atoms with Gasteiger partial charge in [-0.2, -0.15) is 0 Å². The van der Waals surface area contributed by atoms with Gasteiger partial charge in [0.15, 0.2) is 0 Å². The van der Waals surface area contributed by atoms with Gasteiger partial charge in [-0.1, -0.05) is 0 Å². The molecule has 0 aliphatic heterocycles. The quantitative estimate of drug-likeness (QED) is 0.760. The highest BCUT2D eigenvalue weighted by Crippen LogP contribution is 2.29. The molecule has 1 saturated carbocycles. The minimum Gasteiger partial charge on any atom is -0.396 e. The molecule has 0 saturated heterocycles. The van der Waals surface area contributed by atoms with E-state index in [0.29, 0.717) is 5.69 Å². The summed E-state index contributed by atoms with van der Waals surface area (Å²) < 4.78 is 6.46. The fourth-order valence-electron chi connectivity index (χ4n) is 1.56. The molecule has 1 aromatic rings. The Bertz CT molecular complexity index is 349. The van der Waals surface area contributed by atoms with E-state index in [1.54, 1.807) is 12.4 Å². The first-order valence-corrected chi connectivity index (χ1v) is 6.77. The van der Waals surface area contributed by atoms with Crippen molar-refractivity contribution in [2.45, 2.75) is 19.3 Å². The summed E-state index contributed by atoms with van der Waals surface area (Å²) in [4.78, 5) is 3.99. The van der Waals surface area contributed by atoms with Crippen LogP contribution < -0.4 is 11.1 Å². The molecule has 94 valence electrons. The first-order valence-electron chi connectivity index (χ1n) is 5.98. The molecular formula is C12H18BrN3O. The van der Waals surface area contributed by atoms with Crippen molar-refractivity contribution in [1.29, 1.82) is 0 Å². The molecule has 1 fully saturated rings. The zero-order valence-electron chi connectivity index (χ0n) is 9.79. The topological polar surface area (TPSA) is 60.2 Å². The Morgan fingerprint density at radius 1 is 1.47 bits per heavy atom. The van der Waals surface area contributed by atoms with Crippen molar-refractivity contribution in [3.05, 3.63) is 16.9 Å². The van der Waals surface area contributed by atoms with Gasteiger partial charge in [0.25, 0.3) is 0 Å². The third-order valence-electron chi connectivity index (χ3n) is 2.75. The van der Waals surface area contributed by atoms with Gasteiger partial charge in [0.05, 0.1) is 22.0 Å². The fourth-order valence-corrected chi connectivity index (χ4v) is 2.05. The van der Waals surface area contributed by atoms with Gasteiger partial charge in [0.2, 0.25) is 0 Å². The smallest absolute Gasteiger partial charge is 0.0750 e. The zero-order chi connectivity index (χ0) is 12.1. The minimum atomic E-state index is 0.665. The number of aromatic nitrogens is 1. The van der Waals surface area contributed by atoms with Crippen molar-refractivity contribution in [2.75, 3.05) is 30.8 Å². The predicted octanol–water partition coefficient (Wildman–Crippen LogP) is 2.65. The van der Waals surface area contributed by atoms with Crippen molar-refractivity contribution in [3.63, 3.8) is 0 Å². The van der Waals surface area contributed by atoms with Gasteiger partial charge in [-0.15, -0.1) is 0 Å². The van der Waals surface area contributed by atoms with Crippen LogP contribution in [0.4, 0.5) is 11.4 Å². The summed E-state index contributed by atoms with van der Waals surface area (Å²) in [5, 5.41) is 3.29. The standard InChI is InChI=1S/C12H18BrN3O/c13-10-6-15-7-11(14)12(10)16-4-1-5-17-8-9-2-3-9/h6-7,9H,1-5,8,14H2,(H,15,16). The summed E-state index contributed by atoms with van der Waals surface area (Å²) in [6.45, 7) is 2.60. The van der Waals surface area contributed by atoms with Gasteiger partial charge in [0.1, 0.15) is 0 Å². The molecule has 17 heavy (non-hydrogen) atoms. The Hall–Kier alpha value is -0.810. The summed E-state index contributed by atoms with van der Waals surface area (Å²) in [5.41, 5.74) is 7.41. The number of hydrogen-bond acceptors (Lipinski definition) is 4. The maximum Gasteiger partial charge on any atom is 0.0750 e. The van der Waals surface area contributed by atoms with E-state index in [1.165, 1.54) is 12.8 Å². The molecule has 0 aromatic carbocycles. The first kappa shape index (κ1) is 12.6. The molecule has 5 heteroatoms. The Balaban J connectivity index is 1.63. The summed E-state index contributed by atoms with van der Waals surface area (Å²) >= 11 is 3.42. The number of nitrogens with two attached hydrogens (primary N) is 1. The summed E-state index contributed by atoms with van der Waals surface area (Å²) in [6, 6.07) is 0. The number of ether oxygens (including phenoxy) is 1. The highest BCUT2D eigenvalue weighted by molar-refractivity contribution is 9.10. The van der Waals surface area contributed by atoms with E-state index in [0.717, 1.165) is 42.3 Å². The lowest BCUT2D eigenvalue weighted by atomic mass is 10.3. The van der Waals surface area contributed by atoms with Crippen molar-refractivity contribution in [3.8, 4) is 0 Å². The number of pyridine rings is 1. The molecule has 4 nitrogen and oxygen atoms in total. The maximum atomic E-state index is 5.82. The fraction of sp³-hybridized carbons (Fsp3) is 0.583. The lowest BCUT2D eigenvalue weighted by Gasteiger charge is -2.10. The van der Waals surface area contributed by atoms with Gasteiger partial charge in [-0.25, -0.2) is 0 Å². The van der Waals surface area contributed by atoms with E-state index in [-0.39, 0.29) is 0 Å². The molecule has 0 atom stereocenters. The molecule has 0 bridgehead atoms. The third-order valence-corrected chi connectivity index (χ3v) is 3.35. The van der Waals surface area contributed by atoms with Crippen LogP contribution in [0.2, 0.25) is 0 Å². The summed E-state index contributed by atoms with van der Waals surface area (Å²) in [5.74, 6) is 0.841. The molecular weight excluding hydrogens is 282 g/mol. The minimum absolute atomic E-state index is 0.665. The highest BCUT2D eigenvalue weighted by Gasteiger charge is 2.20. The van der Waals surface area contributed by atoms with Crippen LogP contribution in [0.15, 0.2) is 16.9 Å². The molecule has 3 N–H and O–H groups in total. The average Bonchev–Trinajstić information content (AvgIpc) is 3.10. The summed E-state index contributed by atoms with van der Waals surface area (Å²) in [7, 11) is 0. The van der Waals surface area contributed by atoms with Gasteiger partial charge in [-0.3, -0.25) is 4.98 Å². The second-order valence-electron chi connectivity index (χ2n) is 4.38. The molecule has 1 aliphatic rings. The van der Waals surface area contributed by atoms with E-state index >= 15 is 0 Å². The zero-order valence-corrected chi connectivity index (χ0v) is 11.4. The molecule has 0 unspecified atom stereocenters. The highest BCUT2D eigenvalue weighted by atomic mass is 79.9. The van der Waals surface area contributed by atoms with E-state index in [2.05, 4.69) is 26.2 Å². The Morgan fingerprint density at radius 2 is 2.29 bits per heavy atom. The van der Waals surface area contributed by atoms with E-state index in [4.69, 9.17) is 10.5 Å². The molecule has 1 aliphatic carbocycles. The molecule has 1 heterocycles. The SMILES string of the molecule is Nc1cncc(Br)c1NCCCOCC1CC1. The van der Waals surface area contributed by atoms with Gasteiger partial charge < -0.3 is 15.8 Å². The van der Waals surface area contributed by atoms with E-state index < -0.39 is 0 Å². The van der Waals surface area contributed by atoms with Crippen LogP contribution in [0.3, 0.4) is 0 Å². The number of halogens is 1. The third kappa shape index (κ3) is 4.16. The van der Waals surface area contributed by atoms with Gasteiger partial charge in [-0.05, 0) is 41.1 Å². The van der Waals surface area contributed by atoms with Crippen LogP contribution in [-0.2, 0) is 4.74 Å². The first-order chi connectivity index (χ1) is 8.27. The number of rotatable bonds is 7. The Kier molecular flexibility index (Phi) is 4.62. The number of nitrogen functional groups attached to an aromatic ring is 1. The van der Waals surface area contributed by atoms with Crippen LogP contribution in [0, 0.1) is 5.92 Å². The van der Waals surface area contributed by atoms with Crippen molar-refractivity contribution in [1.82, 2.24) is 4.98 Å². The van der Waals surface area contributed by atoms with Crippen molar-refractivity contribution < 1.29 is 4.74 Å². The molecule has 2 rings (SSSR count). The van der Waals surface area contributed by atoms with Crippen molar-refractivity contribution in [2.24, 2.45) is 5.92 Å². The molecule has 1 aromatic heterocycles. The van der Waals surface area contributed by atoms with Crippen LogP contribution in [0.25, 0.3) is 0 Å². The van der Waals surface area contributed by atoms with Gasteiger partial charge >= 0.3 is 0 Å². The maximum absolute atomic E-state index is 5.82. The Morgan fingerprint density at radius 3 is 3.00 bits per heavy atom. The normalized spacial score (nSPS) is 14.9. The van der Waals surface area contributed by atoms with E-state index in [1.807, 2.05) is 0 Å². The second kappa shape index (κ2) is 6.21. The molecule has 0 radical (unpaired) electrons. The predicted molar refractivity (Wildman–Crippen MR) is 73.0 cm³/mol. The largest absolute Gasteiger partial charge is 0.396 e. The van der Waals surface area contributed by atoms with E-state index in [9.17, 15) is 0 Å². The number of nitrogens with one attached hydrogen (secondary N) is 1. The summed E-state index contributed by atoms with van der Waals surface area (Å²) in [6.07, 6.45) is 7.07. The van der Waals surface area contributed by atoms with Crippen LogP contribution in [0.1, 0.15) is 19.3 Å². The van der Waals surface area contributed by atoms with Crippen LogP contribution in [0.5, 0.6) is 0 Å². The van der Waals surface area contributed by atoms with Crippen LogP contribution in [-0.4, -0.2) is 24.7 Å². The van der Waals surface area contributed by atoms with Crippen molar-refractivity contribution >= 4 is 27.3 Å². The lowest BCUT2D eigenvalue weighted by molar-refractivity contribution is 0.124. The van der Waals surface area contributed by atoms with Gasteiger partial charge in [0, 0.05) is 26.0 Å². The molecule has 0 amide bonds. The molecule has 0 spiro atoms. The number of hydrogen-bond donors (Lipinski definition) is 2. The van der Waals surface area contributed by atoms with Crippen LogP contribution >= 0.6 is 15.9 Å². The number of anilines is 2. The monoisotopic (exact) mass is 299 g/mol. The second-order valence-corrected chi connectivity index (χ2v) is 5.24. The average molecular weight is 300 g/mol. The lowest BCUT2D eigenvalue weighted by Crippen LogP contribution is -2.09. The number of nitrogens with zero attached hydrogens (tertiary/aromatic N) is 1.